The fourth-order valence-corrected chi connectivity index (χ4v) is 3.62. The molecule has 134 valence electrons. The maximum atomic E-state index is 11.1. The van der Waals surface area contributed by atoms with Crippen molar-refractivity contribution in [2.24, 2.45) is 0 Å². The van der Waals surface area contributed by atoms with Crippen LogP contribution in [-0.2, 0) is 25.6 Å². The Kier molecular flexibility index (Phi) is 7.04. The van der Waals surface area contributed by atoms with Crippen LogP contribution in [0.3, 0.4) is 0 Å². The van der Waals surface area contributed by atoms with E-state index in [2.05, 4.69) is 4.52 Å². The maximum absolute atomic E-state index is 11.1. The van der Waals surface area contributed by atoms with Crippen molar-refractivity contribution in [2.45, 2.75) is 24.7 Å². The zero-order valence-electron chi connectivity index (χ0n) is 13.1. The summed E-state index contributed by atoms with van der Waals surface area (Å²) in [5.41, 5.74) is -0.897. The van der Waals surface area contributed by atoms with Crippen LogP contribution in [0.4, 0.5) is 0 Å². The second kappa shape index (κ2) is 9.03. The largest absolute Gasteiger partial charge is 0.566 e. The predicted molar refractivity (Wildman–Crippen MR) is 89.9 cm³/mol. The topological polar surface area (TPSA) is 113 Å². The number of hydrogen-bond donors (Lipinski definition) is 1. The van der Waals surface area contributed by atoms with Gasteiger partial charge in [-0.05, 0) is 53.7 Å². The van der Waals surface area contributed by atoms with Gasteiger partial charge in [-0.1, -0.05) is 30.3 Å². The van der Waals surface area contributed by atoms with Crippen molar-refractivity contribution in [3.63, 3.8) is 0 Å². The zero-order valence-corrected chi connectivity index (χ0v) is 14.9. The van der Waals surface area contributed by atoms with Gasteiger partial charge in [-0.2, -0.15) is 8.42 Å². The molecule has 0 aliphatic rings. The van der Waals surface area contributed by atoms with E-state index in [1.54, 1.807) is 12.1 Å². The molecule has 2 aromatic carbocycles. The van der Waals surface area contributed by atoms with Crippen molar-refractivity contribution in [2.75, 3.05) is 0 Å². The van der Waals surface area contributed by atoms with Gasteiger partial charge in [0.15, 0.2) is 0 Å². The summed E-state index contributed by atoms with van der Waals surface area (Å²) in [4.78, 5) is 10.5. The summed E-state index contributed by atoms with van der Waals surface area (Å²) in [5, 5.41) is 0. The number of para-hydroxylation sites is 1. The van der Waals surface area contributed by atoms with Gasteiger partial charge in [-0.25, -0.2) is 0 Å². The minimum Gasteiger partial charge on any atom is -0.566 e. The molecule has 25 heavy (non-hydrogen) atoms. The minimum absolute atomic E-state index is 0.147. The van der Waals surface area contributed by atoms with Crippen molar-refractivity contribution < 1.29 is 31.7 Å². The normalized spacial score (nSPS) is 13.3. The third kappa shape index (κ3) is 6.89. The SMILES string of the molecule is O=[P+]([O-])O[C@H](CCCc1cccc(Oc2ccccc2)c1)S(=O)(=O)O. The van der Waals surface area contributed by atoms with E-state index in [4.69, 9.17) is 9.29 Å². The number of rotatable bonds is 9. The standard InChI is InChI=1S/C16H17O7PS/c17-24(18)23-16(25(19,20)21)11-5-7-13-6-4-10-15(12-13)22-14-8-2-1-3-9-14/h1-4,6,8-10,12,16H,5,7,11H2,(H,19,20,21)/t16-/m0/s1. The summed E-state index contributed by atoms with van der Waals surface area (Å²) in [6.45, 7) is 0. The summed E-state index contributed by atoms with van der Waals surface area (Å²) in [7, 11) is -7.96. The molecule has 0 aliphatic heterocycles. The second-order valence-corrected chi connectivity index (χ2v) is 7.44. The van der Waals surface area contributed by atoms with Crippen LogP contribution in [0, 0.1) is 0 Å². The molecular weight excluding hydrogens is 367 g/mol. The number of hydrogen-bond acceptors (Lipinski definition) is 6. The molecule has 0 spiro atoms. The van der Waals surface area contributed by atoms with Crippen LogP contribution in [0.25, 0.3) is 0 Å². The molecule has 0 saturated carbocycles. The molecule has 1 N–H and O–H groups in total. The summed E-state index contributed by atoms with van der Waals surface area (Å²) in [6, 6.07) is 16.5. The first-order valence-corrected chi connectivity index (χ1v) is 10.0. The van der Waals surface area contributed by atoms with Gasteiger partial charge in [0.2, 0.25) is 5.44 Å². The molecule has 7 nitrogen and oxygen atoms in total. The molecular formula is C16H17O7PS. The first-order valence-electron chi connectivity index (χ1n) is 7.44. The number of benzene rings is 2. The molecule has 0 aromatic heterocycles. The van der Waals surface area contributed by atoms with Crippen LogP contribution in [0.2, 0.25) is 0 Å². The Morgan fingerprint density at radius 1 is 1.08 bits per heavy atom. The number of aryl methyl sites for hydroxylation is 1. The second-order valence-electron chi connectivity index (χ2n) is 5.23. The Morgan fingerprint density at radius 2 is 1.76 bits per heavy atom. The van der Waals surface area contributed by atoms with E-state index in [-0.39, 0.29) is 6.42 Å². The molecule has 0 fully saturated rings. The molecule has 2 rings (SSSR count). The van der Waals surface area contributed by atoms with E-state index >= 15 is 0 Å². The zero-order chi connectivity index (χ0) is 18.3. The Morgan fingerprint density at radius 3 is 2.40 bits per heavy atom. The average Bonchev–Trinajstić information content (AvgIpc) is 2.54. The van der Waals surface area contributed by atoms with Gasteiger partial charge in [-0.3, -0.25) is 4.55 Å². The predicted octanol–water partition coefficient (Wildman–Crippen LogP) is 3.05. The molecule has 2 aromatic rings. The highest BCUT2D eigenvalue weighted by molar-refractivity contribution is 7.86. The summed E-state index contributed by atoms with van der Waals surface area (Å²) < 4.78 is 51.7. The molecule has 9 heteroatoms. The average molecular weight is 384 g/mol. The summed E-state index contributed by atoms with van der Waals surface area (Å²) in [5.74, 6) is 1.33. The van der Waals surface area contributed by atoms with Gasteiger partial charge in [0, 0.05) is 0 Å². The van der Waals surface area contributed by atoms with E-state index in [0.29, 0.717) is 24.3 Å². The lowest BCUT2D eigenvalue weighted by Crippen LogP contribution is -2.22. The van der Waals surface area contributed by atoms with Gasteiger partial charge in [0.1, 0.15) is 11.5 Å². The Bertz CT molecular complexity index is 808. The molecule has 1 unspecified atom stereocenters. The van der Waals surface area contributed by atoms with Gasteiger partial charge < -0.3 is 9.63 Å². The lowest BCUT2D eigenvalue weighted by Gasteiger charge is -2.10. The maximum Gasteiger partial charge on any atom is 0.489 e. The van der Waals surface area contributed by atoms with Gasteiger partial charge in [0.25, 0.3) is 10.1 Å². The van der Waals surface area contributed by atoms with Crippen LogP contribution < -0.4 is 9.63 Å². The highest BCUT2D eigenvalue weighted by Gasteiger charge is 2.29. The smallest absolute Gasteiger partial charge is 0.489 e. The third-order valence-electron chi connectivity index (χ3n) is 3.32. The van der Waals surface area contributed by atoms with E-state index in [0.717, 1.165) is 5.56 Å². The molecule has 0 aliphatic carbocycles. The van der Waals surface area contributed by atoms with Crippen molar-refractivity contribution in [3.8, 4) is 11.5 Å². The molecule has 0 amide bonds. The van der Waals surface area contributed by atoms with Crippen LogP contribution in [0.5, 0.6) is 11.5 Å². The fraction of sp³-hybridized carbons (Fsp3) is 0.250. The van der Waals surface area contributed by atoms with E-state index in [1.165, 1.54) is 0 Å². The van der Waals surface area contributed by atoms with Crippen LogP contribution in [-0.4, -0.2) is 18.4 Å². The monoisotopic (exact) mass is 384 g/mol. The lowest BCUT2D eigenvalue weighted by molar-refractivity contribution is -0.187. The molecule has 0 heterocycles. The van der Waals surface area contributed by atoms with Crippen LogP contribution in [0.15, 0.2) is 54.6 Å². The van der Waals surface area contributed by atoms with Crippen molar-refractivity contribution in [1.82, 2.24) is 0 Å². The van der Waals surface area contributed by atoms with E-state index in [9.17, 15) is 17.9 Å². The minimum atomic E-state index is -4.59. The van der Waals surface area contributed by atoms with E-state index < -0.39 is 23.8 Å². The Balaban J connectivity index is 1.94. The van der Waals surface area contributed by atoms with E-state index in [1.807, 2.05) is 42.5 Å². The Labute approximate surface area is 146 Å². The molecule has 0 saturated heterocycles. The third-order valence-corrected chi connectivity index (χ3v) is 4.88. The van der Waals surface area contributed by atoms with Crippen molar-refractivity contribution >= 4 is 18.4 Å². The van der Waals surface area contributed by atoms with Gasteiger partial charge >= 0.3 is 8.25 Å². The van der Waals surface area contributed by atoms with Crippen molar-refractivity contribution in [3.05, 3.63) is 60.2 Å². The molecule has 0 radical (unpaired) electrons. The number of ether oxygens (including phenoxy) is 1. The van der Waals surface area contributed by atoms with Crippen LogP contribution in [0.1, 0.15) is 18.4 Å². The fourth-order valence-electron chi connectivity index (χ4n) is 2.21. The highest BCUT2D eigenvalue weighted by atomic mass is 32.2. The van der Waals surface area contributed by atoms with Gasteiger partial charge in [-0.15, -0.1) is 4.52 Å². The molecule has 0 bridgehead atoms. The highest BCUT2D eigenvalue weighted by Crippen LogP contribution is 2.24. The first kappa shape index (κ1) is 19.5. The van der Waals surface area contributed by atoms with Gasteiger partial charge in [0.05, 0.1) is 0 Å². The molecule has 2 atom stereocenters. The Hall–Kier alpha value is -1.83. The van der Waals surface area contributed by atoms with Crippen molar-refractivity contribution in [1.29, 1.82) is 0 Å². The summed E-state index contributed by atoms with van der Waals surface area (Å²) >= 11 is 0. The lowest BCUT2D eigenvalue weighted by atomic mass is 10.1. The first-order chi connectivity index (χ1) is 11.8. The quantitative estimate of drug-likeness (QED) is 0.522. The summed E-state index contributed by atoms with van der Waals surface area (Å²) in [6.07, 6.45) is 0.630. The van der Waals surface area contributed by atoms with Crippen LogP contribution >= 0.6 is 8.25 Å².